The van der Waals surface area contributed by atoms with Gasteiger partial charge in [-0.25, -0.2) is 0 Å². The molecule has 22 heavy (non-hydrogen) atoms. The molecule has 2 N–H and O–H groups in total. The van der Waals surface area contributed by atoms with Crippen molar-refractivity contribution in [3.63, 3.8) is 0 Å². The molecule has 0 aliphatic carbocycles. The molecule has 0 saturated carbocycles. The van der Waals surface area contributed by atoms with Crippen molar-refractivity contribution in [2.75, 3.05) is 18.0 Å². The average molecular weight is 325 g/mol. The Hall–Kier alpha value is -2.08. The van der Waals surface area contributed by atoms with Gasteiger partial charge in [-0.15, -0.1) is 0 Å². The van der Waals surface area contributed by atoms with Crippen molar-refractivity contribution in [3.05, 3.63) is 29.3 Å². The fourth-order valence-corrected chi connectivity index (χ4v) is 2.62. The minimum absolute atomic E-state index is 0.00955. The Balaban J connectivity index is 1.90. The second-order valence-corrected chi connectivity index (χ2v) is 5.55. The maximum absolute atomic E-state index is 12.1. The third-order valence-electron chi connectivity index (χ3n) is 3.51. The van der Waals surface area contributed by atoms with Gasteiger partial charge in [-0.3, -0.25) is 14.4 Å². The summed E-state index contributed by atoms with van der Waals surface area (Å²) in [6.07, 6.45) is 0.515. The Labute approximate surface area is 133 Å². The number of carbonyl (C=O) groups excluding carboxylic acids is 2. The number of hydrogen-bond donors (Lipinski definition) is 2. The van der Waals surface area contributed by atoms with Gasteiger partial charge in [0.2, 0.25) is 11.8 Å². The first-order chi connectivity index (χ1) is 10.5. The summed E-state index contributed by atoms with van der Waals surface area (Å²) in [6, 6.07) is 7.00. The maximum Gasteiger partial charge on any atom is 0.303 e. The molecule has 1 atom stereocenters. The van der Waals surface area contributed by atoms with Gasteiger partial charge < -0.3 is 15.3 Å². The molecule has 0 aromatic heterocycles. The molecule has 1 aliphatic rings. The first kappa shape index (κ1) is 16.3. The van der Waals surface area contributed by atoms with Gasteiger partial charge in [-0.2, -0.15) is 0 Å². The Morgan fingerprint density at radius 2 is 2.09 bits per heavy atom. The molecule has 1 unspecified atom stereocenters. The van der Waals surface area contributed by atoms with Crippen LogP contribution in [0.25, 0.3) is 0 Å². The highest BCUT2D eigenvalue weighted by Crippen LogP contribution is 2.30. The molecule has 7 heteroatoms. The third-order valence-corrected chi connectivity index (χ3v) is 3.83. The number of para-hydroxylation sites is 1. The summed E-state index contributed by atoms with van der Waals surface area (Å²) in [7, 11) is 0. The van der Waals surface area contributed by atoms with E-state index in [1.54, 1.807) is 24.3 Å². The van der Waals surface area contributed by atoms with Gasteiger partial charge in [0, 0.05) is 25.9 Å². The molecule has 1 aliphatic heterocycles. The van der Waals surface area contributed by atoms with E-state index in [-0.39, 0.29) is 31.2 Å². The topological polar surface area (TPSA) is 86.7 Å². The second-order valence-electron chi connectivity index (χ2n) is 5.15. The molecular weight excluding hydrogens is 308 g/mol. The maximum atomic E-state index is 12.1. The van der Waals surface area contributed by atoms with Crippen molar-refractivity contribution >= 4 is 35.1 Å². The van der Waals surface area contributed by atoms with Crippen LogP contribution in [0.15, 0.2) is 24.3 Å². The number of anilines is 1. The normalized spacial score (nSPS) is 17.6. The number of benzene rings is 1. The zero-order chi connectivity index (χ0) is 16.1. The zero-order valence-corrected chi connectivity index (χ0v) is 12.7. The van der Waals surface area contributed by atoms with Crippen LogP contribution in [-0.4, -0.2) is 36.0 Å². The van der Waals surface area contributed by atoms with Gasteiger partial charge in [-0.05, 0) is 18.6 Å². The van der Waals surface area contributed by atoms with Crippen LogP contribution in [0.5, 0.6) is 0 Å². The molecule has 1 saturated heterocycles. The van der Waals surface area contributed by atoms with Crippen molar-refractivity contribution < 1.29 is 19.5 Å². The monoisotopic (exact) mass is 324 g/mol. The van der Waals surface area contributed by atoms with E-state index in [4.69, 9.17) is 16.7 Å². The largest absolute Gasteiger partial charge is 0.481 e. The lowest BCUT2D eigenvalue weighted by Crippen LogP contribution is -2.33. The molecular formula is C15H17ClN2O4. The van der Waals surface area contributed by atoms with Crippen molar-refractivity contribution in [1.29, 1.82) is 0 Å². The highest BCUT2D eigenvalue weighted by Gasteiger charge is 2.35. The van der Waals surface area contributed by atoms with Crippen LogP contribution < -0.4 is 10.2 Å². The third kappa shape index (κ3) is 3.98. The van der Waals surface area contributed by atoms with Crippen molar-refractivity contribution in [3.8, 4) is 0 Å². The molecule has 0 bridgehead atoms. The number of aliphatic carboxylic acids is 1. The van der Waals surface area contributed by atoms with Crippen LogP contribution in [0.3, 0.4) is 0 Å². The van der Waals surface area contributed by atoms with Crippen molar-refractivity contribution in [1.82, 2.24) is 5.32 Å². The Bertz CT molecular complexity index is 591. The number of hydrogen-bond acceptors (Lipinski definition) is 3. The van der Waals surface area contributed by atoms with Crippen LogP contribution in [0.1, 0.15) is 19.3 Å². The van der Waals surface area contributed by atoms with Gasteiger partial charge >= 0.3 is 5.97 Å². The number of rotatable bonds is 6. The van der Waals surface area contributed by atoms with E-state index in [2.05, 4.69) is 5.32 Å². The predicted molar refractivity (Wildman–Crippen MR) is 81.8 cm³/mol. The molecule has 1 aromatic carbocycles. The van der Waals surface area contributed by atoms with E-state index in [1.165, 1.54) is 4.90 Å². The lowest BCUT2D eigenvalue weighted by Gasteiger charge is -2.18. The van der Waals surface area contributed by atoms with Crippen LogP contribution in [0, 0.1) is 5.92 Å². The summed E-state index contributed by atoms with van der Waals surface area (Å²) in [5.41, 5.74) is 0.607. The summed E-state index contributed by atoms with van der Waals surface area (Å²) in [4.78, 5) is 36.0. The standard InChI is InChI=1S/C15H17ClN2O4/c16-11-4-1-2-5-12(11)18-9-10(8-13(18)19)15(22)17-7-3-6-14(20)21/h1-2,4-5,10H,3,6-9H2,(H,17,22)(H,20,21). The number of amides is 2. The minimum atomic E-state index is -0.893. The van der Waals surface area contributed by atoms with Crippen LogP contribution in [0.2, 0.25) is 5.02 Å². The number of carboxylic acids is 1. The Kier molecular flexibility index (Phi) is 5.38. The number of carboxylic acid groups (broad SMARTS) is 1. The highest BCUT2D eigenvalue weighted by atomic mass is 35.5. The number of halogens is 1. The molecule has 2 amide bonds. The van der Waals surface area contributed by atoms with Gasteiger partial charge in [-0.1, -0.05) is 23.7 Å². The minimum Gasteiger partial charge on any atom is -0.481 e. The smallest absolute Gasteiger partial charge is 0.303 e. The van der Waals surface area contributed by atoms with Gasteiger partial charge in [0.25, 0.3) is 0 Å². The quantitative estimate of drug-likeness (QED) is 0.779. The lowest BCUT2D eigenvalue weighted by atomic mass is 10.1. The van der Waals surface area contributed by atoms with E-state index < -0.39 is 11.9 Å². The average Bonchev–Trinajstić information content (AvgIpc) is 2.86. The first-order valence-corrected chi connectivity index (χ1v) is 7.41. The lowest BCUT2D eigenvalue weighted by molar-refractivity contribution is -0.137. The summed E-state index contributed by atoms with van der Waals surface area (Å²) in [5.74, 6) is -1.70. The molecule has 1 heterocycles. The van der Waals surface area contributed by atoms with E-state index in [9.17, 15) is 14.4 Å². The summed E-state index contributed by atoms with van der Waals surface area (Å²) in [6.45, 7) is 0.579. The SMILES string of the molecule is O=C(O)CCCNC(=O)C1CC(=O)N(c2ccccc2Cl)C1. The highest BCUT2D eigenvalue weighted by molar-refractivity contribution is 6.33. The number of nitrogens with zero attached hydrogens (tertiary/aromatic N) is 1. The van der Waals surface area contributed by atoms with E-state index in [0.29, 0.717) is 23.7 Å². The van der Waals surface area contributed by atoms with Crippen molar-refractivity contribution in [2.45, 2.75) is 19.3 Å². The Morgan fingerprint density at radius 3 is 2.77 bits per heavy atom. The molecule has 0 spiro atoms. The Morgan fingerprint density at radius 1 is 1.36 bits per heavy atom. The second kappa shape index (κ2) is 7.26. The van der Waals surface area contributed by atoms with Gasteiger partial charge in [0.1, 0.15) is 0 Å². The molecule has 118 valence electrons. The summed E-state index contributed by atoms with van der Waals surface area (Å²) >= 11 is 6.08. The molecule has 6 nitrogen and oxygen atoms in total. The molecule has 1 fully saturated rings. The van der Waals surface area contributed by atoms with E-state index in [1.807, 2.05) is 0 Å². The zero-order valence-electron chi connectivity index (χ0n) is 11.9. The van der Waals surface area contributed by atoms with Gasteiger partial charge in [0.15, 0.2) is 0 Å². The summed E-state index contributed by atoms with van der Waals surface area (Å²) in [5, 5.41) is 11.7. The molecule has 0 radical (unpaired) electrons. The first-order valence-electron chi connectivity index (χ1n) is 7.03. The van der Waals surface area contributed by atoms with Crippen molar-refractivity contribution in [2.24, 2.45) is 5.92 Å². The molecule has 1 aromatic rings. The number of nitrogens with one attached hydrogen (secondary N) is 1. The fraction of sp³-hybridized carbons (Fsp3) is 0.400. The summed E-state index contributed by atoms with van der Waals surface area (Å²) < 4.78 is 0. The molecule has 2 rings (SSSR count). The van der Waals surface area contributed by atoms with Crippen LogP contribution in [0.4, 0.5) is 5.69 Å². The fourth-order valence-electron chi connectivity index (χ4n) is 2.38. The van der Waals surface area contributed by atoms with Gasteiger partial charge in [0.05, 0.1) is 16.6 Å². The van der Waals surface area contributed by atoms with Crippen LogP contribution >= 0.6 is 11.6 Å². The van der Waals surface area contributed by atoms with E-state index in [0.717, 1.165) is 0 Å². The predicted octanol–water partition coefficient (Wildman–Crippen LogP) is 1.67. The number of carbonyl (C=O) groups is 3. The van der Waals surface area contributed by atoms with E-state index >= 15 is 0 Å². The van der Waals surface area contributed by atoms with Crippen LogP contribution in [-0.2, 0) is 14.4 Å².